The highest BCUT2D eigenvalue weighted by Crippen LogP contribution is 2.38. The maximum absolute atomic E-state index is 14.1. The maximum atomic E-state index is 14.1. The van der Waals surface area contributed by atoms with Crippen LogP contribution < -0.4 is 4.90 Å². The minimum Gasteiger partial charge on any atom is -0.310 e. The summed E-state index contributed by atoms with van der Waals surface area (Å²) in [5.41, 5.74) is 3.83. The molecular formula is C30H25N5O3S. The van der Waals surface area contributed by atoms with Crippen molar-refractivity contribution in [3.8, 4) is 22.5 Å². The molecule has 0 saturated heterocycles. The first-order valence-electron chi connectivity index (χ1n) is 12.5. The number of amides is 1. The van der Waals surface area contributed by atoms with E-state index in [-0.39, 0.29) is 16.5 Å². The molecule has 2 heterocycles. The van der Waals surface area contributed by atoms with Crippen LogP contribution in [-0.2, 0) is 9.84 Å². The van der Waals surface area contributed by atoms with Crippen molar-refractivity contribution in [3.05, 3.63) is 109 Å². The van der Waals surface area contributed by atoms with Gasteiger partial charge >= 0.3 is 0 Å². The van der Waals surface area contributed by atoms with E-state index in [4.69, 9.17) is 0 Å². The van der Waals surface area contributed by atoms with Gasteiger partial charge in [0, 0.05) is 29.7 Å². The zero-order chi connectivity index (χ0) is 27.0. The van der Waals surface area contributed by atoms with Gasteiger partial charge in [-0.3, -0.25) is 14.7 Å². The van der Waals surface area contributed by atoms with E-state index < -0.39 is 9.84 Å². The standard InChI is InChI=1S/C30H25N5O3S/c1-39(37,38)27-12-6-7-21(18-27)22-15-16-31-28(19-22)30(36)35(25-9-3-2-4-10-25)26-11-5-8-23(17-26)29-33-32-20-34(29)24-13-14-24/h2-12,15-20,24H,13-14H2,1H3. The third kappa shape index (κ3) is 5.08. The van der Waals surface area contributed by atoms with Gasteiger partial charge in [-0.25, -0.2) is 8.42 Å². The number of hydrogen-bond acceptors (Lipinski definition) is 6. The number of benzene rings is 3. The Kier molecular flexibility index (Phi) is 6.28. The summed E-state index contributed by atoms with van der Waals surface area (Å²) in [6.45, 7) is 0. The van der Waals surface area contributed by atoms with Crippen molar-refractivity contribution in [2.24, 2.45) is 0 Å². The van der Waals surface area contributed by atoms with Crippen molar-refractivity contribution in [1.82, 2.24) is 19.7 Å². The fourth-order valence-corrected chi connectivity index (χ4v) is 5.23. The van der Waals surface area contributed by atoms with Gasteiger partial charge in [0.05, 0.1) is 10.6 Å². The first-order chi connectivity index (χ1) is 18.9. The molecule has 9 heteroatoms. The molecule has 1 aliphatic carbocycles. The normalized spacial score (nSPS) is 13.3. The zero-order valence-electron chi connectivity index (χ0n) is 21.2. The van der Waals surface area contributed by atoms with Gasteiger partial charge in [-0.2, -0.15) is 0 Å². The van der Waals surface area contributed by atoms with E-state index in [0.717, 1.165) is 24.2 Å². The summed E-state index contributed by atoms with van der Waals surface area (Å²) in [4.78, 5) is 20.3. The van der Waals surface area contributed by atoms with Crippen LogP contribution in [0.25, 0.3) is 22.5 Å². The Morgan fingerprint density at radius 1 is 0.846 bits per heavy atom. The van der Waals surface area contributed by atoms with E-state index in [9.17, 15) is 13.2 Å². The van der Waals surface area contributed by atoms with Crippen molar-refractivity contribution in [1.29, 1.82) is 0 Å². The second-order valence-corrected chi connectivity index (χ2v) is 11.6. The molecule has 5 aromatic rings. The summed E-state index contributed by atoms with van der Waals surface area (Å²) in [7, 11) is -3.37. The summed E-state index contributed by atoms with van der Waals surface area (Å²) < 4.78 is 26.3. The minimum absolute atomic E-state index is 0.214. The monoisotopic (exact) mass is 535 g/mol. The molecule has 0 radical (unpaired) electrons. The van der Waals surface area contributed by atoms with E-state index in [1.54, 1.807) is 47.8 Å². The molecule has 2 aromatic heterocycles. The van der Waals surface area contributed by atoms with Gasteiger partial charge < -0.3 is 4.57 Å². The van der Waals surface area contributed by atoms with E-state index in [1.807, 2.05) is 60.7 Å². The number of rotatable bonds is 7. The Morgan fingerprint density at radius 3 is 2.33 bits per heavy atom. The SMILES string of the molecule is CS(=O)(=O)c1cccc(-c2ccnc(C(=O)N(c3ccccc3)c3cccc(-c4nncn4C4CC4)c3)c2)c1. The van der Waals surface area contributed by atoms with Crippen LogP contribution in [0.2, 0.25) is 0 Å². The number of carbonyl (C=O) groups excluding carboxylic acids is 1. The molecule has 0 bridgehead atoms. The molecule has 0 unspecified atom stereocenters. The van der Waals surface area contributed by atoms with E-state index in [1.165, 1.54) is 6.26 Å². The van der Waals surface area contributed by atoms with Crippen molar-refractivity contribution >= 4 is 27.1 Å². The predicted octanol–water partition coefficient (Wildman–Crippen LogP) is 5.72. The van der Waals surface area contributed by atoms with Crippen molar-refractivity contribution < 1.29 is 13.2 Å². The fraction of sp³-hybridized carbons (Fsp3) is 0.133. The highest BCUT2D eigenvalue weighted by atomic mass is 32.2. The fourth-order valence-electron chi connectivity index (χ4n) is 4.56. The zero-order valence-corrected chi connectivity index (χ0v) is 22.0. The molecule has 1 saturated carbocycles. The number of anilines is 2. The lowest BCUT2D eigenvalue weighted by Gasteiger charge is -2.23. The summed E-state index contributed by atoms with van der Waals surface area (Å²) in [6.07, 6.45) is 6.71. The summed E-state index contributed by atoms with van der Waals surface area (Å²) in [5, 5.41) is 8.47. The molecule has 0 N–H and O–H groups in total. The van der Waals surface area contributed by atoms with Gasteiger partial charge in [0.2, 0.25) is 0 Å². The number of hydrogen-bond donors (Lipinski definition) is 0. The van der Waals surface area contributed by atoms with Gasteiger partial charge in [0.25, 0.3) is 5.91 Å². The highest BCUT2D eigenvalue weighted by Gasteiger charge is 2.27. The number of aromatic nitrogens is 4. The van der Waals surface area contributed by atoms with E-state index in [0.29, 0.717) is 28.5 Å². The quantitative estimate of drug-likeness (QED) is 0.264. The molecule has 194 valence electrons. The predicted molar refractivity (Wildman–Crippen MR) is 149 cm³/mol. The average Bonchev–Trinajstić information content (AvgIpc) is 3.69. The molecule has 8 nitrogen and oxygen atoms in total. The van der Waals surface area contributed by atoms with Crippen LogP contribution in [0.4, 0.5) is 11.4 Å². The lowest BCUT2D eigenvalue weighted by molar-refractivity contribution is 0.0994. The van der Waals surface area contributed by atoms with Crippen LogP contribution in [0.3, 0.4) is 0 Å². The van der Waals surface area contributed by atoms with Crippen molar-refractivity contribution in [2.75, 3.05) is 11.2 Å². The van der Waals surface area contributed by atoms with Gasteiger partial charge in [0.1, 0.15) is 12.0 Å². The molecule has 6 rings (SSSR count). The molecule has 1 fully saturated rings. The largest absolute Gasteiger partial charge is 0.310 e. The van der Waals surface area contributed by atoms with E-state index in [2.05, 4.69) is 19.7 Å². The van der Waals surface area contributed by atoms with Crippen LogP contribution >= 0.6 is 0 Å². The number of sulfone groups is 1. The van der Waals surface area contributed by atoms with Crippen LogP contribution in [0.15, 0.2) is 108 Å². The van der Waals surface area contributed by atoms with Gasteiger partial charge in [-0.15, -0.1) is 10.2 Å². The highest BCUT2D eigenvalue weighted by molar-refractivity contribution is 7.90. The second kappa shape index (κ2) is 9.92. The van der Waals surface area contributed by atoms with E-state index >= 15 is 0 Å². The Labute approximate surface area is 226 Å². The number of carbonyl (C=O) groups is 1. The summed E-state index contributed by atoms with van der Waals surface area (Å²) >= 11 is 0. The summed E-state index contributed by atoms with van der Waals surface area (Å²) in [5.74, 6) is 0.453. The lowest BCUT2D eigenvalue weighted by Crippen LogP contribution is -2.26. The molecule has 1 amide bonds. The first kappa shape index (κ1) is 24.7. The molecule has 0 atom stereocenters. The molecule has 0 spiro atoms. The number of nitrogens with zero attached hydrogens (tertiary/aromatic N) is 5. The van der Waals surface area contributed by atoms with Crippen molar-refractivity contribution in [3.63, 3.8) is 0 Å². The summed E-state index contributed by atoms with van der Waals surface area (Å²) in [6, 6.07) is 27.6. The Morgan fingerprint density at radius 2 is 1.56 bits per heavy atom. The Bertz CT molecular complexity index is 1780. The van der Waals surface area contributed by atoms with Gasteiger partial charge in [-0.1, -0.05) is 42.5 Å². The topological polar surface area (TPSA) is 98.0 Å². The number of para-hydroxylation sites is 1. The lowest BCUT2D eigenvalue weighted by atomic mass is 10.1. The van der Waals surface area contributed by atoms with Crippen LogP contribution in [0.1, 0.15) is 29.4 Å². The molecule has 39 heavy (non-hydrogen) atoms. The molecule has 0 aliphatic heterocycles. The Hall–Kier alpha value is -4.63. The third-order valence-electron chi connectivity index (χ3n) is 6.67. The second-order valence-electron chi connectivity index (χ2n) is 9.55. The van der Waals surface area contributed by atoms with Crippen LogP contribution in [-0.4, -0.2) is 40.3 Å². The minimum atomic E-state index is -3.37. The molecule has 3 aromatic carbocycles. The third-order valence-corrected chi connectivity index (χ3v) is 7.78. The average molecular weight is 536 g/mol. The van der Waals surface area contributed by atoms with Crippen molar-refractivity contribution in [2.45, 2.75) is 23.8 Å². The number of pyridine rings is 1. The van der Waals surface area contributed by atoms with Crippen LogP contribution in [0.5, 0.6) is 0 Å². The Balaban J connectivity index is 1.41. The smallest absolute Gasteiger partial charge is 0.281 e. The molecule has 1 aliphatic rings. The first-order valence-corrected chi connectivity index (χ1v) is 14.4. The van der Waals surface area contributed by atoms with Crippen LogP contribution in [0, 0.1) is 0 Å². The molecular weight excluding hydrogens is 510 g/mol. The van der Waals surface area contributed by atoms with Gasteiger partial charge in [0.15, 0.2) is 15.7 Å². The van der Waals surface area contributed by atoms with Gasteiger partial charge in [-0.05, 0) is 72.5 Å². The maximum Gasteiger partial charge on any atom is 0.281 e.